The van der Waals surface area contributed by atoms with Crippen molar-refractivity contribution < 1.29 is 19.0 Å². The van der Waals surface area contributed by atoms with Crippen molar-refractivity contribution in [3.05, 3.63) is 24.2 Å². The predicted molar refractivity (Wildman–Crippen MR) is 44.9 cm³/mol. The molecule has 1 fully saturated rings. The van der Waals surface area contributed by atoms with Crippen LogP contribution in [0.25, 0.3) is 0 Å². The zero-order valence-corrected chi connectivity index (χ0v) is 7.29. The minimum Gasteiger partial charge on any atom is -0.508 e. The van der Waals surface area contributed by atoms with Crippen LogP contribution in [0.3, 0.4) is 0 Å². The molecule has 1 aliphatic rings. The second-order valence-electron chi connectivity index (χ2n) is 2.94. The number of rotatable bonds is 4. The van der Waals surface area contributed by atoms with E-state index in [0.29, 0.717) is 0 Å². The number of hydrogen-bond acceptors (Lipinski definition) is 3. The minimum absolute atomic E-state index is 0.254. The molecule has 3 nitrogen and oxygen atoms in total. The Hall–Kier alpha value is -1.32. The Morgan fingerprint density at radius 2 is 2.23 bits per heavy atom. The van der Waals surface area contributed by atoms with Crippen molar-refractivity contribution in [3.63, 3.8) is 0 Å². The molecule has 4 heteroatoms. The molecule has 0 radical (unpaired) electrons. The van der Waals surface area contributed by atoms with Gasteiger partial charge in [0.15, 0.2) is 11.5 Å². The molecule has 1 rings (SSSR count). The monoisotopic (exact) mass is 186 g/mol. The van der Waals surface area contributed by atoms with Crippen LogP contribution < -0.4 is 0 Å². The lowest BCUT2D eigenvalue weighted by Gasteiger charge is -1.97. The van der Waals surface area contributed by atoms with Crippen LogP contribution in [0.2, 0.25) is 0 Å². The number of aliphatic hydroxyl groups excluding tert-OH is 1. The van der Waals surface area contributed by atoms with Gasteiger partial charge in [-0.3, -0.25) is 4.79 Å². The van der Waals surface area contributed by atoms with Crippen molar-refractivity contribution in [2.75, 3.05) is 7.11 Å². The van der Waals surface area contributed by atoms with Gasteiger partial charge in [-0.2, -0.15) is 0 Å². The lowest BCUT2D eigenvalue weighted by molar-refractivity contribution is -0.120. The number of halogens is 1. The maximum absolute atomic E-state index is 13.0. The number of allylic oxidation sites excluding steroid dienone is 2. The SMILES string of the molecule is COC=C/C(O)=C/C(=O)C1(F)CC1. The van der Waals surface area contributed by atoms with E-state index in [0.717, 1.165) is 6.08 Å². The molecule has 13 heavy (non-hydrogen) atoms. The molecule has 1 N–H and O–H groups in total. The molecule has 0 aromatic heterocycles. The van der Waals surface area contributed by atoms with Gasteiger partial charge >= 0.3 is 0 Å². The second-order valence-corrected chi connectivity index (χ2v) is 2.94. The first-order chi connectivity index (χ1) is 6.08. The maximum atomic E-state index is 13.0. The lowest BCUT2D eigenvalue weighted by Crippen LogP contribution is -2.13. The number of aliphatic hydroxyl groups is 1. The zero-order chi connectivity index (χ0) is 9.90. The number of alkyl halides is 1. The third-order valence-electron chi connectivity index (χ3n) is 1.78. The molecule has 0 aromatic rings. The van der Waals surface area contributed by atoms with Crippen LogP contribution in [0.5, 0.6) is 0 Å². The van der Waals surface area contributed by atoms with Crippen LogP contribution in [-0.4, -0.2) is 23.7 Å². The first-order valence-corrected chi connectivity index (χ1v) is 3.92. The minimum atomic E-state index is -1.71. The smallest absolute Gasteiger partial charge is 0.196 e. The summed E-state index contributed by atoms with van der Waals surface area (Å²) < 4.78 is 17.5. The van der Waals surface area contributed by atoms with E-state index in [-0.39, 0.29) is 18.6 Å². The fourth-order valence-electron chi connectivity index (χ4n) is 0.806. The molecule has 0 spiro atoms. The van der Waals surface area contributed by atoms with Crippen molar-refractivity contribution in [2.24, 2.45) is 0 Å². The molecule has 1 saturated carbocycles. The van der Waals surface area contributed by atoms with Gasteiger partial charge in [-0.25, -0.2) is 4.39 Å². The largest absolute Gasteiger partial charge is 0.508 e. The van der Waals surface area contributed by atoms with Gasteiger partial charge in [0.05, 0.1) is 13.4 Å². The van der Waals surface area contributed by atoms with E-state index in [2.05, 4.69) is 4.74 Å². The molecule has 0 atom stereocenters. The molecular formula is C9H11FO3. The summed E-state index contributed by atoms with van der Waals surface area (Å²) in [6, 6.07) is 0. The number of carbonyl (C=O) groups excluding carboxylic acids is 1. The van der Waals surface area contributed by atoms with Crippen LogP contribution in [-0.2, 0) is 9.53 Å². The molecule has 0 aromatic carbocycles. The average Bonchev–Trinajstić information content (AvgIpc) is 2.81. The van der Waals surface area contributed by atoms with E-state index in [1.54, 1.807) is 0 Å². The van der Waals surface area contributed by atoms with Crippen molar-refractivity contribution in [1.82, 2.24) is 0 Å². The maximum Gasteiger partial charge on any atom is 0.196 e. The van der Waals surface area contributed by atoms with Gasteiger partial charge in [0, 0.05) is 12.2 Å². The number of ether oxygens (including phenoxy) is 1. The molecule has 0 amide bonds. The summed E-state index contributed by atoms with van der Waals surface area (Å²) in [5.41, 5.74) is -1.71. The Balaban J connectivity index is 2.54. The Kier molecular flexibility index (Phi) is 2.70. The summed E-state index contributed by atoms with van der Waals surface area (Å²) in [6.45, 7) is 0. The van der Waals surface area contributed by atoms with E-state index in [1.807, 2.05) is 0 Å². The van der Waals surface area contributed by atoms with Crippen molar-refractivity contribution >= 4 is 5.78 Å². The Labute approximate surface area is 75.5 Å². The molecule has 0 saturated heterocycles. The quantitative estimate of drug-likeness (QED) is 0.412. The van der Waals surface area contributed by atoms with Crippen LogP contribution in [0.4, 0.5) is 4.39 Å². The molecule has 0 aliphatic heterocycles. The van der Waals surface area contributed by atoms with Crippen LogP contribution >= 0.6 is 0 Å². The van der Waals surface area contributed by atoms with Gasteiger partial charge in [0.2, 0.25) is 0 Å². The normalized spacial score (nSPS) is 20.3. The first-order valence-electron chi connectivity index (χ1n) is 3.92. The van der Waals surface area contributed by atoms with Gasteiger partial charge < -0.3 is 9.84 Å². The summed E-state index contributed by atoms with van der Waals surface area (Å²) in [5, 5.41) is 9.05. The second kappa shape index (κ2) is 3.60. The van der Waals surface area contributed by atoms with E-state index in [9.17, 15) is 9.18 Å². The summed E-state index contributed by atoms with van der Waals surface area (Å²) in [7, 11) is 1.41. The summed E-state index contributed by atoms with van der Waals surface area (Å²) in [4.78, 5) is 11.0. The highest BCUT2D eigenvalue weighted by Crippen LogP contribution is 2.40. The third kappa shape index (κ3) is 2.57. The molecule has 0 heterocycles. The van der Waals surface area contributed by atoms with Crippen LogP contribution in [0, 0.1) is 0 Å². The van der Waals surface area contributed by atoms with Gasteiger partial charge in [0.1, 0.15) is 5.76 Å². The van der Waals surface area contributed by atoms with Gasteiger partial charge in [-0.15, -0.1) is 0 Å². The third-order valence-corrected chi connectivity index (χ3v) is 1.78. The predicted octanol–water partition coefficient (Wildman–Crippen LogP) is 1.66. The number of carbonyl (C=O) groups is 1. The molecule has 0 unspecified atom stereocenters. The van der Waals surface area contributed by atoms with Gasteiger partial charge in [0.25, 0.3) is 0 Å². The summed E-state index contributed by atoms with van der Waals surface area (Å²) in [5.74, 6) is -0.971. The molecule has 1 aliphatic carbocycles. The Morgan fingerprint density at radius 1 is 1.62 bits per heavy atom. The Morgan fingerprint density at radius 3 is 2.69 bits per heavy atom. The van der Waals surface area contributed by atoms with Gasteiger partial charge in [-0.1, -0.05) is 0 Å². The molecule has 0 bridgehead atoms. The van der Waals surface area contributed by atoms with Crippen molar-refractivity contribution in [1.29, 1.82) is 0 Å². The van der Waals surface area contributed by atoms with Gasteiger partial charge in [-0.05, 0) is 12.8 Å². The average molecular weight is 186 g/mol. The van der Waals surface area contributed by atoms with Crippen molar-refractivity contribution in [2.45, 2.75) is 18.5 Å². The number of ketones is 1. The highest BCUT2D eigenvalue weighted by atomic mass is 19.1. The fraction of sp³-hybridized carbons (Fsp3) is 0.444. The Bertz CT molecular complexity index is 264. The van der Waals surface area contributed by atoms with E-state index >= 15 is 0 Å². The standard InChI is InChI=1S/C9H11FO3/c1-13-5-2-7(11)6-8(12)9(10)3-4-9/h2,5-6,11H,3-4H2,1H3/b5-2?,7-6-. The van der Waals surface area contributed by atoms with E-state index in [4.69, 9.17) is 5.11 Å². The fourth-order valence-corrected chi connectivity index (χ4v) is 0.806. The topological polar surface area (TPSA) is 46.5 Å². The number of methoxy groups -OCH3 is 1. The summed E-state index contributed by atoms with van der Waals surface area (Å²) >= 11 is 0. The number of hydrogen-bond donors (Lipinski definition) is 1. The first kappa shape index (κ1) is 9.77. The molecular weight excluding hydrogens is 175 g/mol. The van der Waals surface area contributed by atoms with E-state index < -0.39 is 11.5 Å². The van der Waals surface area contributed by atoms with Crippen LogP contribution in [0.1, 0.15) is 12.8 Å². The van der Waals surface area contributed by atoms with E-state index in [1.165, 1.54) is 19.4 Å². The summed E-state index contributed by atoms with van der Waals surface area (Å²) in [6.07, 6.45) is 3.77. The lowest BCUT2D eigenvalue weighted by atomic mass is 10.2. The van der Waals surface area contributed by atoms with Crippen molar-refractivity contribution in [3.8, 4) is 0 Å². The highest BCUT2D eigenvalue weighted by molar-refractivity contribution is 5.99. The highest BCUT2D eigenvalue weighted by Gasteiger charge is 2.49. The zero-order valence-electron chi connectivity index (χ0n) is 7.29. The molecule has 72 valence electrons. The van der Waals surface area contributed by atoms with Crippen LogP contribution in [0.15, 0.2) is 24.2 Å².